The summed E-state index contributed by atoms with van der Waals surface area (Å²) in [7, 11) is 0. The molecule has 0 saturated heterocycles. The Morgan fingerprint density at radius 2 is 1.86 bits per heavy atom. The van der Waals surface area contributed by atoms with E-state index in [-0.39, 0.29) is 10.8 Å². The van der Waals surface area contributed by atoms with E-state index in [1.807, 2.05) is 6.07 Å². The van der Waals surface area contributed by atoms with E-state index in [2.05, 4.69) is 0 Å². The van der Waals surface area contributed by atoms with Crippen LogP contribution >= 0.6 is 11.6 Å². The molecule has 0 atom stereocenters. The lowest BCUT2D eigenvalue weighted by Gasteiger charge is -2.09. The Kier molecular flexibility index (Phi) is 5.42. The Hall–Kier alpha value is -2.25. The number of benzene rings is 2. The molecule has 5 heteroatoms. The first kappa shape index (κ1) is 15.1. The van der Waals surface area contributed by atoms with E-state index in [1.165, 1.54) is 12.1 Å². The van der Waals surface area contributed by atoms with Gasteiger partial charge in [0.2, 0.25) is 0 Å². The van der Waals surface area contributed by atoms with Crippen LogP contribution in [0.15, 0.2) is 42.5 Å². The topological polar surface area (TPSA) is 42.2 Å². The second-order valence-electron chi connectivity index (χ2n) is 4.24. The lowest BCUT2D eigenvalue weighted by molar-refractivity contribution is 0.241. The first-order valence-electron chi connectivity index (χ1n) is 6.40. The Morgan fingerprint density at radius 3 is 2.67 bits per heavy atom. The minimum atomic E-state index is -0.554. The minimum Gasteiger partial charge on any atom is -0.493 e. The molecule has 0 aromatic heterocycles. The van der Waals surface area contributed by atoms with Crippen molar-refractivity contribution in [2.24, 2.45) is 0 Å². The summed E-state index contributed by atoms with van der Waals surface area (Å²) in [6.45, 7) is 0.728. The molecule has 0 heterocycles. The lowest BCUT2D eigenvalue weighted by atomic mass is 10.2. The second kappa shape index (κ2) is 7.51. The van der Waals surface area contributed by atoms with Crippen LogP contribution in [0.4, 0.5) is 4.39 Å². The number of ether oxygens (including phenoxy) is 2. The predicted molar refractivity (Wildman–Crippen MR) is 78.2 cm³/mol. The normalized spacial score (nSPS) is 9.95. The molecule has 108 valence electrons. The fourth-order valence-corrected chi connectivity index (χ4v) is 1.85. The predicted octanol–water partition coefficient (Wildman–Crippen LogP) is 4.20. The molecule has 0 fully saturated rings. The van der Waals surface area contributed by atoms with E-state index in [4.69, 9.17) is 26.3 Å². The third-order valence-electron chi connectivity index (χ3n) is 2.69. The SMILES string of the molecule is N#Cc1cccc(OCCCOc2cccc(Cl)c2F)c1. The fraction of sp³-hybridized carbons (Fsp3) is 0.188. The molecule has 3 nitrogen and oxygen atoms in total. The van der Waals surface area contributed by atoms with Crippen LogP contribution in [0.2, 0.25) is 5.02 Å². The molecule has 2 aromatic rings. The smallest absolute Gasteiger partial charge is 0.183 e. The molecule has 0 N–H and O–H groups in total. The van der Waals surface area contributed by atoms with Crippen LogP contribution < -0.4 is 9.47 Å². The van der Waals surface area contributed by atoms with Crippen LogP contribution in [-0.2, 0) is 0 Å². The summed E-state index contributed by atoms with van der Waals surface area (Å²) < 4.78 is 24.3. The molecule has 0 unspecified atom stereocenters. The summed E-state index contributed by atoms with van der Waals surface area (Å²) in [5, 5.41) is 8.81. The molecule has 0 aliphatic heterocycles. The van der Waals surface area contributed by atoms with Crippen LogP contribution in [0.5, 0.6) is 11.5 Å². The van der Waals surface area contributed by atoms with Gasteiger partial charge in [-0.2, -0.15) is 5.26 Å². The molecule has 21 heavy (non-hydrogen) atoms. The van der Waals surface area contributed by atoms with Gasteiger partial charge < -0.3 is 9.47 Å². The molecule has 2 aromatic carbocycles. The van der Waals surface area contributed by atoms with Crippen molar-refractivity contribution >= 4 is 11.6 Å². The molecule has 0 aliphatic carbocycles. The van der Waals surface area contributed by atoms with Gasteiger partial charge in [-0.3, -0.25) is 0 Å². The van der Waals surface area contributed by atoms with Gasteiger partial charge in [0.25, 0.3) is 0 Å². The van der Waals surface area contributed by atoms with Crippen LogP contribution in [0.25, 0.3) is 0 Å². The highest BCUT2D eigenvalue weighted by Crippen LogP contribution is 2.24. The lowest BCUT2D eigenvalue weighted by Crippen LogP contribution is -2.06. The number of rotatable bonds is 6. The Labute approximate surface area is 127 Å². The zero-order valence-electron chi connectivity index (χ0n) is 11.2. The van der Waals surface area contributed by atoms with Crippen LogP contribution in [0.3, 0.4) is 0 Å². The van der Waals surface area contributed by atoms with Gasteiger partial charge in [0.15, 0.2) is 11.6 Å². The van der Waals surface area contributed by atoms with Crippen LogP contribution in [0.1, 0.15) is 12.0 Å². The Balaban J connectivity index is 1.75. The fourth-order valence-electron chi connectivity index (χ4n) is 1.68. The summed E-state index contributed by atoms with van der Waals surface area (Å²) in [4.78, 5) is 0. The average molecular weight is 306 g/mol. The van der Waals surface area contributed by atoms with Crippen molar-refractivity contribution < 1.29 is 13.9 Å². The van der Waals surface area contributed by atoms with E-state index < -0.39 is 5.82 Å². The maximum absolute atomic E-state index is 13.5. The minimum absolute atomic E-state index is 0.0390. The molecule has 0 radical (unpaired) electrons. The largest absolute Gasteiger partial charge is 0.493 e. The van der Waals surface area contributed by atoms with E-state index >= 15 is 0 Å². The molecule has 0 amide bonds. The van der Waals surface area contributed by atoms with Gasteiger partial charge in [-0.25, -0.2) is 4.39 Å². The van der Waals surface area contributed by atoms with E-state index in [9.17, 15) is 4.39 Å². The average Bonchev–Trinajstić information content (AvgIpc) is 2.51. The summed E-state index contributed by atoms with van der Waals surface area (Å²) in [6.07, 6.45) is 0.586. The number of nitrogens with zero attached hydrogens (tertiary/aromatic N) is 1. The molecular formula is C16H13ClFNO2. The number of halogens is 2. The molecule has 0 spiro atoms. The number of hydrogen-bond acceptors (Lipinski definition) is 3. The molecule has 0 aliphatic rings. The van der Waals surface area contributed by atoms with E-state index in [0.717, 1.165) is 0 Å². The quantitative estimate of drug-likeness (QED) is 0.751. The number of hydrogen-bond donors (Lipinski definition) is 0. The van der Waals surface area contributed by atoms with Gasteiger partial charge in [0.05, 0.1) is 29.9 Å². The Bertz CT molecular complexity index is 655. The summed E-state index contributed by atoms with van der Waals surface area (Å²) in [6, 6.07) is 13.6. The maximum Gasteiger partial charge on any atom is 0.183 e. The van der Waals surface area contributed by atoms with Crippen molar-refractivity contribution in [3.05, 3.63) is 58.9 Å². The standard InChI is InChI=1S/C16H13ClFNO2/c17-14-6-2-7-15(16(14)18)21-9-3-8-20-13-5-1-4-12(10-13)11-19/h1-2,4-7,10H,3,8-9H2. The van der Waals surface area contributed by atoms with Crippen molar-refractivity contribution in [3.8, 4) is 17.6 Å². The summed E-state index contributed by atoms with van der Waals surface area (Å²) in [5.41, 5.74) is 0.546. The van der Waals surface area contributed by atoms with Gasteiger partial charge in [-0.1, -0.05) is 23.7 Å². The van der Waals surface area contributed by atoms with E-state index in [0.29, 0.717) is 30.9 Å². The highest BCUT2D eigenvalue weighted by Gasteiger charge is 2.06. The number of nitriles is 1. The highest BCUT2D eigenvalue weighted by atomic mass is 35.5. The van der Waals surface area contributed by atoms with Crippen molar-refractivity contribution in [2.75, 3.05) is 13.2 Å². The molecule has 0 bridgehead atoms. The monoisotopic (exact) mass is 305 g/mol. The first-order chi connectivity index (χ1) is 10.2. The molecule has 2 rings (SSSR count). The van der Waals surface area contributed by atoms with Gasteiger partial charge in [-0.15, -0.1) is 0 Å². The van der Waals surface area contributed by atoms with Gasteiger partial charge in [0, 0.05) is 6.42 Å². The molecule has 0 saturated carbocycles. The van der Waals surface area contributed by atoms with Crippen molar-refractivity contribution in [1.82, 2.24) is 0 Å². The third kappa shape index (κ3) is 4.37. The van der Waals surface area contributed by atoms with Gasteiger partial charge in [0.1, 0.15) is 5.75 Å². The first-order valence-corrected chi connectivity index (χ1v) is 6.78. The Morgan fingerprint density at radius 1 is 1.10 bits per heavy atom. The van der Waals surface area contributed by atoms with Gasteiger partial charge >= 0.3 is 0 Å². The maximum atomic E-state index is 13.5. The second-order valence-corrected chi connectivity index (χ2v) is 4.65. The zero-order chi connectivity index (χ0) is 15.1. The van der Waals surface area contributed by atoms with Crippen molar-refractivity contribution in [3.63, 3.8) is 0 Å². The van der Waals surface area contributed by atoms with Crippen LogP contribution in [-0.4, -0.2) is 13.2 Å². The van der Waals surface area contributed by atoms with Gasteiger partial charge in [-0.05, 0) is 30.3 Å². The highest BCUT2D eigenvalue weighted by molar-refractivity contribution is 6.30. The van der Waals surface area contributed by atoms with E-state index in [1.54, 1.807) is 30.3 Å². The molecular weight excluding hydrogens is 293 g/mol. The summed E-state index contributed by atoms with van der Waals surface area (Å²) >= 11 is 5.66. The van der Waals surface area contributed by atoms with Crippen molar-refractivity contribution in [2.45, 2.75) is 6.42 Å². The van der Waals surface area contributed by atoms with Crippen molar-refractivity contribution in [1.29, 1.82) is 5.26 Å². The zero-order valence-corrected chi connectivity index (χ0v) is 11.9. The van der Waals surface area contributed by atoms with Crippen LogP contribution in [0, 0.1) is 17.1 Å². The third-order valence-corrected chi connectivity index (χ3v) is 2.99. The summed E-state index contributed by atoms with van der Waals surface area (Å²) in [5.74, 6) is 0.207.